The summed E-state index contributed by atoms with van der Waals surface area (Å²) in [4.78, 5) is 0. The molecule has 0 amide bonds. The largest absolute Gasteiger partial charge is 0.378 e. The topological polar surface area (TPSA) is 39.1 Å². The fraction of sp³-hybridized carbons (Fsp3) is 0.786. The molecule has 2 atom stereocenters. The first kappa shape index (κ1) is 14.8. The molecule has 0 spiro atoms. The molecule has 1 aliphatic rings. The first-order valence-corrected chi connectivity index (χ1v) is 7.52. The lowest BCUT2D eigenvalue weighted by molar-refractivity contribution is 0.0946. The van der Waals surface area contributed by atoms with Crippen LogP contribution < -0.4 is 5.32 Å². The molecule has 19 heavy (non-hydrogen) atoms. The molecule has 2 unspecified atom stereocenters. The van der Waals surface area contributed by atoms with Crippen LogP contribution in [0.5, 0.6) is 0 Å². The fourth-order valence-electron chi connectivity index (χ4n) is 2.81. The van der Waals surface area contributed by atoms with Crippen molar-refractivity contribution in [2.45, 2.75) is 51.7 Å². The van der Waals surface area contributed by atoms with E-state index < -0.39 is 0 Å². The van der Waals surface area contributed by atoms with Crippen molar-refractivity contribution >= 4 is 11.6 Å². The lowest BCUT2D eigenvalue weighted by atomic mass is 10.0. The second-order valence-corrected chi connectivity index (χ2v) is 5.68. The van der Waals surface area contributed by atoms with Crippen LogP contribution in [0.2, 0.25) is 5.02 Å². The number of halogens is 1. The van der Waals surface area contributed by atoms with E-state index in [2.05, 4.69) is 17.3 Å². The minimum Gasteiger partial charge on any atom is -0.378 e. The Morgan fingerprint density at radius 3 is 2.89 bits per heavy atom. The van der Waals surface area contributed by atoms with E-state index in [9.17, 15) is 0 Å². The zero-order valence-electron chi connectivity index (χ0n) is 12.1. The SMILES string of the molecule is CCNC(Cc1c(Cl)c(C)nn1C)CC1CCCO1. The van der Waals surface area contributed by atoms with E-state index >= 15 is 0 Å². The van der Waals surface area contributed by atoms with Crippen molar-refractivity contribution in [1.82, 2.24) is 15.1 Å². The van der Waals surface area contributed by atoms with Gasteiger partial charge in [-0.3, -0.25) is 4.68 Å². The normalized spacial score (nSPS) is 20.9. The monoisotopic (exact) mass is 285 g/mol. The highest BCUT2D eigenvalue weighted by Gasteiger charge is 2.23. The average Bonchev–Trinajstić information content (AvgIpc) is 2.94. The lowest BCUT2D eigenvalue weighted by Gasteiger charge is -2.21. The minimum absolute atomic E-state index is 0.400. The Bertz CT molecular complexity index is 413. The zero-order chi connectivity index (χ0) is 13.8. The zero-order valence-corrected chi connectivity index (χ0v) is 12.8. The second kappa shape index (κ2) is 6.73. The first-order valence-electron chi connectivity index (χ1n) is 7.14. The number of nitrogens with zero attached hydrogens (tertiary/aromatic N) is 2. The molecule has 1 aromatic rings. The summed E-state index contributed by atoms with van der Waals surface area (Å²) in [7, 11) is 1.96. The molecule has 1 saturated heterocycles. The number of hydrogen-bond donors (Lipinski definition) is 1. The third kappa shape index (κ3) is 3.71. The molecular formula is C14H24ClN3O. The maximum absolute atomic E-state index is 6.33. The third-order valence-corrected chi connectivity index (χ3v) is 4.26. The molecule has 108 valence electrons. The molecule has 0 saturated carbocycles. The van der Waals surface area contributed by atoms with E-state index in [4.69, 9.17) is 16.3 Å². The predicted molar refractivity (Wildman–Crippen MR) is 77.7 cm³/mol. The number of aromatic nitrogens is 2. The summed E-state index contributed by atoms with van der Waals surface area (Å²) in [6.45, 7) is 5.97. The van der Waals surface area contributed by atoms with Gasteiger partial charge < -0.3 is 10.1 Å². The van der Waals surface area contributed by atoms with Gasteiger partial charge in [0.05, 0.1) is 22.5 Å². The van der Waals surface area contributed by atoms with Gasteiger partial charge >= 0.3 is 0 Å². The quantitative estimate of drug-likeness (QED) is 0.873. The van der Waals surface area contributed by atoms with Crippen LogP contribution in [0.1, 0.15) is 37.6 Å². The average molecular weight is 286 g/mol. The van der Waals surface area contributed by atoms with E-state index in [1.807, 2.05) is 18.7 Å². The standard InChI is InChI=1S/C14H24ClN3O/c1-4-16-11(8-12-6-5-7-19-12)9-13-14(15)10(2)17-18(13)3/h11-12,16H,4-9H2,1-3H3. The van der Waals surface area contributed by atoms with Crippen LogP contribution in [-0.2, 0) is 18.2 Å². The van der Waals surface area contributed by atoms with E-state index in [1.54, 1.807) is 0 Å². The summed E-state index contributed by atoms with van der Waals surface area (Å²) in [5.74, 6) is 0. The molecule has 1 aliphatic heterocycles. The van der Waals surface area contributed by atoms with Gasteiger partial charge in [0.2, 0.25) is 0 Å². The van der Waals surface area contributed by atoms with Gasteiger partial charge in [-0.25, -0.2) is 0 Å². The van der Waals surface area contributed by atoms with Crippen LogP contribution >= 0.6 is 11.6 Å². The van der Waals surface area contributed by atoms with Crippen LogP contribution in [0.15, 0.2) is 0 Å². The summed E-state index contributed by atoms with van der Waals surface area (Å²) in [5.41, 5.74) is 2.02. The van der Waals surface area contributed by atoms with E-state index in [1.165, 1.54) is 12.8 Å². The van der Waals surface area contributed by atoms with Crippen molar-refractivity contribution in [3.05, 3.63) is 16.4 Å². The van der Waals surface area contributed by atoms with Crippen molar-refractivity contribution in [2.24, 2.45) is 7.05 Å². The van der Waals surface area contributed by atoms with Crippen LogP contribution in [0, 0.1) is 6.92 Å². The maximum atomic E-state index is 6.33. The smallest absolute Gasteiger partial charge is 0.0847 e. The molecule has 4 nitrogen and oxygen atoms in total. The summed E-state index contributed by atoms with van der Waals surface area (Å²) >= 11 is 6.33. The lowest BCUT2D eigenvalue weighted by Crippen LogP contribution is -2.35. The Kier molecular flexibility index (Phi) is 5.25. The Morgan fingerprint density at radius 2 is 2.37 bits per heavy atom. The Balaban J connectivity index is 2.02. The van der Waals surface area contributed by atoms with Crippen molar-refractivity contribution in [3.63, 3.8) is 0 Å². The number of nitrogens with one attached hydrogen (secondary N) is 1. The van der Waals surface area contributed by atoms with Crippen molar-refractivity contribution < 1.29 is 4.74 Å². The molecule has 5 heteroatoms. The van der Waals surface area contributed by atoms with Crippen LogP contribution in [0.25, 0.3) is 0 Å². The summed E-state index contributed by atoms with van der Waals surface area (Å²) < 4.78 is 7.64. The second-order valence-electron chi connectivity index (χ2n) is 5.30. The van der Waals surface area contributed by atoms with Gasteiger partial charge in [-0.2, -0.15) is 5.10 Å². The molecular weight excluding hydrogens is 262 g/mol. The number of likely N-dealkylation sites (N-methyl/N-ethyl adjacent to an activating group) is 1. The predicted octanol–water partition coefficient (Wildman–Crippen LogP) is 2.47. The van der Waals surface area contributed by atoms with E-state index in [0.717, 1.165) is 42.4 Å². The molecule has 0 aliphatic carbocycles. The number of hydrogen-bond acceptors (Lipinski definition) is 3. The van der Waals surface area contributed by atoms with Crippen LogP contribution in [0.3, 0.4) is 0 Å². The highest BCUT2D eigenvalue weighted by atomic mass is 35.5. The summed E-state index contributed by atoms with van der Waals surface area (Å²) in [5, 5.41) is 8.73. The van der Waals surface area contributed by atoms with Crippen LogP contribution in [0.4, 0.5) is 0 Å². The Morgan fingerprint density at radius 1 is 1.58 bits per heavy atom. The Hall–Kier alpha value is -0.580. The third-order valence-electron chi connectivity index (χ3n) is 3.77. The molecule has 1 aromatic heterocycles. The van der Waals surface area contributed by atoms with Gasteiger partial charge in [0, 0.05) is 26.1 Å². The molecule has 0 radical (unpaired) electrons. The molecule has 2 heterocycles. The van der Waals surface area contributed by atoms with Crippen molar-refractivity contribution in [3.8, 4) is 0 Å². The van der Waals surface area contributed by atoms with E-state index in [-0.39, 0.29) is 0 Å². The molecule has 2 rings (SSSR count). The van der Waals surface area contributed by atoms with E-state index in [0.29, 0.717) is 12.1 Å². The molecule has 1 fully saturated rings. The Labute approximate surface area is 120 Å². The maximum Gasteiger partial charge on any atom is 0.0847 e. The van der Waals surface area contributed by atoms with Gasteiger partial charge in [-0.05, 0) is 32.7 Å². The number of rotatable bonds is 6. The van der Waals surface area contributed by atoms with Gasteiger partial charge in [0.15, 0.2) is 0 Å². The first-order chi connectivity index (χ1) is 9.11. The minimum atomic E-state index is 0.400. The molecule has 1 N–H and O–H groups in total. The highest BCUT2D eigenvalue weighted by Crippen LogP contribution is 2.23. The highest BCUT2D eigenvalue weighted by molar-refractivity contribution is 6.31. The van der Waals surface area contributed by atoms with Gasteiger partial charge in [0.1, 0.15) is 0 Å². The summed E-state index contributed by atoms with van der Waals surface area (Å²) in [6, 6.07) is 0.403. The fourth-order valence-corrected chi connectivity index (χ4v) is 3.05. The molecule has 0 bridgehead atoms. The van der Waals surface area contributed by atoms with Crippen molar-refractivity contribution in [2.75, 3.05) is 13.2 Å². The van der Waals surface area contributed by atoms with Crippen molar-refractivity contribution in [1.29, 1.82) is 0 Å². The number of aryl methyl sites for hydroxylation is 2. The van der Waals surface area contributed by atoms with Crippen LogP contribution in [-0.4, -0.2) is 35.1 Å². The van der Waals surface area contributed by atoms with Gasteiger partial charge in [0.25, 0.3) is 0 Å². The number of ether oxygens (including phenoxy) is 1. The van der Waals surface area contributed by atoms with Gasteiger partial charge in [-0.15, -0.1) is 0 Å². The van der Waals surface area contributed by atoms with Gasteiger partial charge in [-0.1, -0.05) is 18.5 Å². The molecule has 0 aromatic carbocycles. The summed E-state index contributed by atoms with van der Waals surface area (Å²) in [6.07, 6.45) is 4.73.